The second kappa shape index (κ2) is 11.0. The quantitative estimate of drug-likeness (QED) is 0.318. The molecule has 0 saturated heterocycles. The summed E-state index contributed by atoms with van der Waals surface area (Å²) >= 11 is 0. The lowest BCUT2D eigenvalue weighted by Crippen LogP contribution is -2.45. The lowest BCUT2D eigenvalue weighted by molar-refractivity contribution is 0.298. The van der Waals surface area contributed by atoms with Gasteiger partial charge in [0.15, 0.2) is 5.96 Å². The standard InChI is InChI=1S/C15H30N6O2S.HI/c1-12(7-8-24(6,22)23)19-15(16-2)17-10-14(20(3)4)13-9-18-21(5)11-13;/h9,11-12,14H,7-8,10H2,1-6H3,(H2,16,17,19);1H. The second-order valence-corrected chi connectivity index (χ2v) is 8.60. The number of nitrogens with zero attached hydrogens (tertiary/aromatic N) is 4. The van der Waals surface area contributed by atoms with E-state index in [1.54, 1.807) is 11.7 Å². The highest BCUT2D eigenvalue weighted by Gasteiger charge is 2.17. The number of hydrogen-bond donors (Lipinski definition) is 2. The van der Waals surface area contributed by atoms with E-state index >= 15 is 0 Å². The summed E-state index contributed by atoms with van der Waals surface area (Å²) < 4.78 is 24.3. The van der Waals surface area contributed by atoms with Gasteiger partial charge in [-0.05, 0) is 27.4 Å². The number of guanidine groups is 1. The lowest BCUT2D eigenvalue weighted by Gasteiger charge is -2.25. The van der Waals surface area contributed by atoms with Gasteiger partial charge in [-0.1, -0.05) is 0 Å². The summed E-state index contributed by atoms with van der Waals surface area (Å²) in [5.74, 6) is 0.820. The fourth-order valence-corrected chi connectivity index (χ4v) is 3.08. The van der Waals surface area contributed by atoms with E-state index in [9.17, 15) is 8.42 Å². The van der Waals surface area contributed by atoms with Crippen LogP contribution in [0.15, 0.2) is 17.4 Å². The SMILES string of the molecule is CN=C(NCC(c1cnn(C)c1)N(C)C)NC(C)CCS(C)(=O)=O.I. The largest absolute Gasteiger partial charge is 0.354 e. The van der Waals surface area contributed by atoms with Crippen LogP contribution >= 0.6 is 24.0 Å². The summed E-state index contributed by atoms with van der Waals surface area (Å²) in [6.45, 7) is 2.61. The number of aromatic nitrogens is 2. The van der Waals surface area contributed by atoms with Gasteiger partial charge in [-0.25, -0.2) is 8.42 Å². The number of aryl methyl sites for hydroxylation is 1. The van der Waals surface area contributed by atoms with Crippen LogP contribution in [0.2, 0.25) is 0 Å². The normalized spacial score (nSPS) is 14.8. The molecule has 2 N–H and O–H groups in total. The van der Waals surface area contributed by atoms with Gasteiger partial charge in [0.1, 0.15) is 9.84 Å². The van der Waals surface area contributed by atoms with Crippen molar-refractivity contribution in [3.05, 3.63) is 18.0 Å². The minimum Gasteiger partial charge on any atom is -0.354 e. The first-order valence-corrected chi connectivity index (χ1v) is 9.98. The fraction of sp³-hybridized carbons (Fsp3) is 0.733. The maximum Gasteiger partial charge on any atom is 0.191 e. The van der Waals surface area contributed by atoms with Crippen LogP contribution in [-0.2, 0) is 16.9 Å². The van der Waals surface area contributed by atoms with Crippen molar-refractivity contribution in [1.82, 2.24) is 25.3 Å². The van der Waals surface area contributed by atoms with E-state index in [-0.39, 0.29) is 41.8 Å². The van der Waals surface area contributed by atoms with Gasteiger partial charge in [-0.15, -0.1) is 24.0 Å². The monoisotopic (exact) mass is 486 g/mol. The number of hydrogen-bond acceptors (Lipinski definition) is 5. The van der Waals surface area contributed by atoms with Crippen molar-refractivity contribution in [1.29, 1.82) is 0 Å². The summed E-state index contributed by atoms with van der Waals surface area (Å²) in [6.07, 6.45) is 5.65. The fourth-order valence-electron chi connectivity index (χ4n) is 2.30. The predicted octanol–water partition coefficient (Wildman–Crippen LogP) is 0.629. The Bertz CT molecular complexity index is 644. The highest BCUT2D eigenvalue weighted by atomic mass is 127. The molecule has 1 aromatic rings. The van der Waals surface area contributed by atoms with Crippen LogP contribution in [0.5, 0.6) is 0 Å². The van der Waals surface area contributed by atoms with Gasteiger partial charge in [0.25, 0.3) is 0 Å². The van der Waals surface area contributed by atoms with E-state index in [0.29, 0.717) is 18.9 Å². The van der Waals surface area contributed by atoms with Crippen molar-refractivity contribution in [2.45, 2.75) is 25.4 Å². The third-order valence-electron chi connectivity index (χ3n) is 3.72. The Morgan fingerprint density at radius 1 is 1.44 bits per heavy atom. The van der Waals surface area contributed by atoms with Crippen molar-refractivity contribution in [2.75, 3.05) is 39.7 Å². The molecule has 2 atom stereocenters. The maximum atomic E-state index is 11.3. The molecule has 0 aliphatic heterocycles. The molecule has 10 heteroatoms. The van der Waals surface area contributed by atoms with Crippen LogP contribution in [0.1, 0.15) is 24.9 Å². The van der Waals surface area contributed by atoms with Crippen molar-refractivity contribution < 1.29 is 8.42 Å². The Morgan fingerprint density at radius 3 is 2.52 bits per heavy atom. The van der Waals surface area contributed by atoms with E-state index in [1.165, 1.54) is 6.26 Å². The van der Waals surface area contributed by atoms with E-state index in [2.05, 4.69) is 25.6 Å². The Kier molecular flexibility index (Phi) is 10.6. The van der Waals surface area contributed by atoms with E-state index in [4.69, 9.17) is 0 Å². The number of halogens is 1. The summed E-state index contributed by atoms with van der Waals surface area (Å²) in [5, 5.41) is 10.7. The highest BCUT2D eigenvalue weighted by molar-refractivity contribution is 14.0. The van der Waals surface area contributed by atoms with Gasteiger partial charge < -0.3 is 15.5 Å². The lowest BCUT2D eigenvalue weighted by atomic mass is 10.1. The Balaban J connectivity index is 0.00000576. The number of nitrogens with one attached hydrogen (secondary N) is 2. The third kappa shape index (κ3) is 9.40. The molecule has 2 unspecified atom stereocenters. The Labute approximate surface area is 168 Å². The average molecular weight is 486 g/mol. The van der Waals surface area contributed by atoms with Gasteiger partial charge in [0.05, 0.1) is 18.0 Å². The van der Waals surface area contributed by atoms with Crippen LogP contribution in [-0.4, -0.2) is 74.8 Å². The molecule has 0 aromatic carbocycles. The summed E-state index contributed by atoms with van der Waals surface area (Å²) in [6, 6.07) is 0.172. The van der Waals surface area contributed by atoms with Crippen molar-refractivity contribution in [3.8, 4) is 0 Å². The molecule has 1 rings (SSSR count). The van der Waals surface area contributed by atoms with Crippen molar-refractivity contribution in [2.24, 2.45) is 12.0 Å². The van der Waals surface area contributed by atoms with Gasteiger partial charge >= 0.3 is 0 Å². The molecule has 0 amide bonds. The first-order valence-electron chi connectivity index (χ1n) is 7.92. The summed E-state index contributed by atoms with van der Waals surface area (Å²) in [5.41, 5.74) is 1.12. The Hall–Kier alpha value is -0.880. The molecule has 0 saturated carbocycles. The Morgan fingerprint density at radius 2 is 2.08 bits per heavy atom. The third-order valence-corrected chi connectivity index (χ3v) is 4.70. The van der Waals surface area contributed by atoms with E-state index in [1.807, 2.05) is 40.5 Å². The van der Waals surface area contributed by atoms with Crippen molar-refractivity contribution in [3.63, 3.8) is 0 Å². The molecule has 0 aliphatic rings. The summed E-state index contributed by atoms with van der Waals surface area (Å²) in [7, 11) is 4.69. The molecule has 25 heavy (non-hydrogen) atoms. The average Bonchev–Trinajstić information content (AvgIpc) is 2.89. The van der Waals surface area contributed by atoms with E-state index < -0.39 is 9.84 Å². The number of sulfone groups is 1. The van der Waals surface area contributed by atoms with Gasteiger partial charge in [0, 0.05) is 44.7 Å². The zero-order chi connectivity index (χ0) is 18.3. The summed E-state index contributed by atoms with van der Waals surface area (Å²) in [4.78, 5) is 6.32. The number of rotatable bonds is 8. The minimum absolute atomic E-state index is 0. The molecule has 0 aliphatic carbocycles. The molecule has 0 spiro atoms. The zero-order valence-corrected chi connectivity index (χ0v) is 19.0. The topological polar surface area (TPSA) is 91.6 Å². The smallest absolute Gasteiger partial charge is 0.191 e. The first kappa shape index (κ1) is 24.1. The molecule has 8 nitrogen and oxygen atoms in total. The van der Waals surface area contributed by atoms with Crippen LogP contribution in [0.25, 0.3) is 0 Å². The van der Waals surface area contributed by atoms with Gasteiger partial charge in [0.2, 0.25) is 0 Å². The molecular formula is C15H31IN6O2S. The molecule has 0 bridgehead atoms. The van der Waals surface area contributed by atoms with Gasteiger partial charge in [-0.3, -0.25) is 9.67 Å². The van der Waals surface area contributed by atoms with Crippen LogP contribution in [0.4, 0.5) is 0 Å². The molecule has 0 radical (unpaired) electrons. The van der Waals surface area contributed by atoms with Gasteiger partial charge in [-0.2, -0.15) is 5.10 Å². The first-order chi connectivity index (χ1) is 11.1. The van der Waals surface area contributed by atoms with E-state index in [0.717, 1.165) is 5.56 Å². The molecule has 1 aromatic heterocycles. The van der Waals surface area contributed by atoms with Crippen molar-refractivity contribution >= 4 is 39.8 Å². The van der Waals surface area contributed by atoms with Crippen LogP contribution < -0.4 is 10.6 Å². The maximum absolute atomic E-state index is 11.3. The molecule has 146 valence electrons. The van der Waals surface area contributed by atoms with Crippen LogP contribution in [0, 0.1) is 0 Å². The molecule has 0 fully saturated rings. The predicted molar refractivity (Wildman–Crippen MR) is 113 cm³/mol. The minimum atomic E-state index is -2.95. The van der Waals surface area contributed by atoms with Crippen LogP contribution in [0.3, 0.4) is 0 Å². The zero-order valence-electron chi connectivity index (χ0n) is 15.9. The number of likely N-dealkylation sites (N-methyl/N-ethyl adjacent to an activating group) is 1. The highest BCUT2D eigenvalue weighted by Crippen LogP contribution is 2.15. The molecular weight excluding hydrogens is 455 g/mol. The number of aliphatic imine (C=N–C) groups is 1. The second-order valence-electron chi connectivity index (χ2n) is 6.34. The molecule has 1 heterocycles.